The zero-order chi connectivity index (χ0) is 15.5. The van der Waals surface area contributed by atoms with Crippen LogP contribution >= 0.6 is 58.2 Å². The molecule has 2 rings (SSSR count). The molecular formula is C15H12Cl4OS. The molecule has 0 N–H and O–H groups in total. The molecular weight excluding hydrogens is 370 g/mol. The first-order chi connectivity index (χ1) is 9.90. The molecule has 1 unspecified atom stereocenters. The molecule has 6 heteroatoms. The van der Waals surface area contributed by atoms with Crippen molar-refractivity contribution in [2.75, 3.05) is 7.11 Å². The van der Waals surface area contributed by atoms with E-state index in [0.29, 0.717) is 5.02 Å². The molecule has 0 bridgehead atoms. The molecule has 0 aliphatic heterocycles. The average molecular weight is 382 g/mol. The smallest absolute Gasteiger partial charge is 0.206 e. The Hall–Kier alpha value is -0.250. The maximum absolute atomic E-state index is 6.14. The van der Waals surface area contributed by atoms with Gasteiger partial charge in [-0.15, -0.1) is 11.8 Å². The Kier molecular flexibility index (Phi) is 5.98. The van der Waals surface area contributed by atoms with Crippen molar-refractivity contribution in [3.05, 3.63) is 59.1 Å². The molecule has 0 aromatic heterocycles. The molecule has 2 aromatic rings. The highest BCUT2D eigenvalue weighted by atomic mass is 35.6. The van der Waals surface area contributed by atoms with Crippen LogP contribution in [0.4, 0.5) is 0 Å². The van der Waals surface area contributed by atoms with Crippen LogP contribution in [0.15, 0.2) is 53.4 Å². The van der Waals surface area contributed by atoms with Gasteiger partial charge in [0.25, 0.3) is 0 Å². The molecule has 2 aromatic carbocycles. The van der Waals surface area contributed by atoms with Crippen LogP contribution in [0.2, 0.25) is 5.02 Å². The van der Waals surface area contributed by atoms with Crippen molar-refractivity contribution >= 4 is 58.2 Å². The Bertz CT molecular complexity index is 578. The fraction of sp³-hybridized carbons (Fsp3) is 0.200. The van der Waals surface area contributed by atoms with Crippen molar-refractivity contribution in [2.45, 2.75) is 13.9 Å². The molecule has 0 saturated carbocycles. The van der Waals surface area contributed by atoms with Crippen molar-refractivity contribution in [1.82, 2.24) is 0 Å². The lowest BCUT2D eigenvalue weighted by atomic mass is 10.1. The van der Waals surface area contributed by atoms with Crippen molar-refractivity contribution in [1.29, 1.82) is 0 Å². The van der Waals surface area contributed by atoms with Crippen LogP contribution in [0.25, 0.3) is 0 Å². The van der Waals surface area contributed by atoms with E-state index in [2.05, 4.69) is 0 Å². The summed E-state index contributed by atoms with van der Waals surface area (Å²) in [6.45, 7) is 0. The fourth-order valence-electron chi connectivity index (χ4n) is 1.75. The number of halogens is 4. The summed E-state index contributed by atoms with van der Waals surface area (Å²) in [4.78, 5) is 0.978. The van der Waals surface area contributed by atoms with E-state index < -0.39 is 3.79 Å². The van der Waals surface area contributed by atoms with E-state index >= 15 is 0 Å². The highest BCUT2D eigenvalue weighted by molar-refractivity contribution is 7.99. The number of ether oxygens (including phenoxy) is 1. The van der Waals surface area contributed by atoms with Crippen LogP contribution in [0.3, 0.4) is 0 Å². The predicted molar refractivity (Wildman–Crippen MR) is 93.3 cm³/mol. The van der Waals surface area contributed by atoms with E-state index in [9.17, 15) is 0 Å². The Morgan fingerprint density at radius 3 is 2.00 bits per heavy atom. The summed E-state index contributed by atoms with van der Waals surface area (Å²) in [6.07, 6.45) is 0. The van der Waals surface area contributed by atoms with Crippen molar-refractivity contribution < 1.29 is 4.74 Å². The van der Waals surface area contributed by atoms with E-state index in [1.165, 1.54) is 11.8 Å². The molecule has 0 aliphatic carbocycles. The van der Waals surface area contributed by atoms with Crippen LogP contribution < -0.4 is 4.74 Å². The van der Waals surface area contributed by atoms with Crippen LogP contribution in [-0.2, 0) is 0 Å². The molecule has 0 radical (unpaired) electrons. The molecule has 0 spiro atoms. The predicted octanol–water partition coefficient (Wildman–Crippen LogP) is 6.55. The van der Waals surface area contributed by atoms with Gasteiger partial charge in [-0.2, -0.15) is 0 Å². The number of benzene rings is 2. The molecule has 21 heavy (non-hydrogen) atoms. The maximum Gasteiger partial charge on any atom is 0.206 e. The van der Waals surface area contributed by atoms with Gasteiger partial charge in [-0.3, -0.25) is 0 Å². The lowest BCUT2D eigenvalue weighted by molar-refractivity contribution is 0.414. The first-order valence-electron chi connectivity index (χ1n) is 6.03. The van der Waals surface area contributed by atoms with E-state index in [-0.39, 0.29) is 5.25 Å². The van der Waals surface area contributed by atoms with Gasteiger partial charge in [0.2, 0.25) is 3.79 Å². The summed E-state index contributed by atoms with van der Waals surface area (Å²) < 4.78 is 3.71. The standard InChI is InChI=1S/C15H12Cl4OS/c1-20-12-6-2-10(3-7-12)14(15(17,18)19)21-13-8-4-11(16)5-9-13/h2-9,14H,1H3. The third-order valence-electron chi connectivity index (χ3n) is 2.78. The van der Waals surface area contributed by atoms with E-state index in [0.717, 1.165) is 16.2 Å². The number of methoxy groups -OCH3 is 1. The minimum absolute atomic E-state index is 0.338. The molecule has 0 amide bonds. The Morgan fingerprint density at radius 2 is 1.52 bits per heavy atom. The summed E-state index contributed by atoms with van der Waals surface area (Å²) in [5, 5.41) is 0.337. The normalized spacial score (nSPS) is 13.0. The summed E-state index contributed by atoms with van der Waals surface area (Å²) in [5.74, 6) is 0.762. The Labute approximate surface area is 148 Å². The molecule has 112 valence electrons. The maximum atomic E-state index is 6.14. The lowest BCUT2D eigenvalue weighted by Crippen LogP contribution is -2.13. The highest BCUT2D eigenvalue weighted by Gasteiger charge is 2.34. The number of hydrogen-bond donors (Lipinski definition) is 0. The van der Waals surface area contributed by atoms with Crippen LogP contribution in [0.5, 0.6) is 5.75 Å². The monoisotopic (exact) mass is 380 g/mol. The minimum atomic E-state index is -1.43. The van der Waals surface area contributed by atoms with Gasteiger partial charge in [-0.05, 0) is 42.0 Å². The van der Waals surface area contributed by atoms with Gasteiger partial charge >= 0.3 is 0 Å². The zero-order valence-electron chi connectivity index (χ0n) is 11.0. The van der Waals surface area contributed by atoms with E-state index in [4.69, 9.17) is 51.1 Å². The second-order valence-electron chi connectivity index (χ2n) is 4.27. The first-order valence-corrected chi connectivity index (χ1v) is 8.42. The summed E-state index contributed by atoms with van der Waals surface area (Å²) in [7, 11) is 1.61. The SMILES string of the molecule is COc1ccc(C(Sc2ccc(Cl)cc2)C(Cl)(Cl)Cl)cc1. The van der Waals surface area contributed by atoms with Gasteiger partial charge in [0.05, 0.1) is 12.4 Å². The summed E-state index contributed by atoms with van der Waals surface area (Å²) in [5.41, 5.74) is 0.913. The quantitative estimate of drug-likeness (QED) is 0.438. The van der Waals surface area contributed by atoms with Gasteiger partial charge in [-0.25, -0.2) is 0 Å². The molecule has 0 aliphatic rings. The van der Waals surface area contributed by atoms with Gasteiger partial charge in [0.1, 0.15) is 5.75 Å². The van der Waals surface area contributed by atoms with Crippen LogP contribution in [-0.4, -0.2) is 10.9 Å². The van der Waals surface area contributed by atoms with E-state index in [1.54, 1.807) is 7.11 Å². The third kappa shape index (κ3) is 4.87. The fourth-order valence-corrected chi connectivity index (χ4v) is 3.65. The molecule has 1 nitrogen and oxygen atoms in total. The highest BCUT2D eigenvalue weighted by Crippen LogP contribution is 2.51. The first kappa shape index (κ1) is 17.1. The molecule has 0 heterocycles. The minimum Gasteiger partial charge on any atom is -0.497 e. The van der Waals surface area contributed by atoms with Crippen molar-refractivity contribution in [3.63, 3.8) is 0 Å². The lowest BCUT2D eigenvalue weighted by Gasteiger charge is -2.24. The van der Waals surface area contributed by atoms with E-state index in [1.807, 2.05) is 48.5 Å². The van der Waals surface area contributed by atoms with Gasteiger partial charge in [-0.1, -0.05) is 58.5 Å². The number of thioether (sulfide) groups is 1. The molecule has 1 atom stereocenters. The van der Waals surface area contributed by atoms with Crippen molar-refractivity contribution in [2.24, 2.45) is 0 Å². The van der Waals surface area contributed by atoms with Gasteiger partial charge in [0.15, 0.2) is 0 Å². The average Bonchev–Trinajstić information content (AvgIpc) is 2.45. The third-order valence-corrected chi connectivity index (χ3v) is 5.48. The van der Waals surface area contributed by atoms with Gasteiger partial charge in [0, 0.05) is 9.92 Å². The van der Waals surface area contributed by atoms with Crippen LogP contribution in [0, 0.1) is 0 Å². The molecule has 0 fully saturated rings. The summed E-state index contributed by atoms with van der Waals surface area (Å²) in [6, 6.07) is 14.9. The Balaban J connectivity index is 2.27. The number of hydrogen-bond acceptors (Lipinski definition) is 2. The van der Waals surface area contributed by atoms with Crippen molar-refractivity contribution in [3.8, 4) is 5.75 Å². The number of alkyl halides is 3. The topological polar surface area (TPSA) is 9.23 Å². The molecule has 0 saturated heterocycles. The second kappa shape index (κ2) is 7.34. The summed E-state index contributed by atoms with van der Waals surface area (Å²) >= 11 is 25.8. The Morgan fingerprint density at radius 1 is 0.952 bits per heavy atom. The number of rotatable bonds is 4. The largest absolute Gasteiger partial charge is 0.497 e. The zero-order valence-corrected chi connectivity index (χ0v) is 14.9. The van der Waals surface area contributed by atoms with Crippen LogP contribution in [0.1, 0.15) is 10.8 Å². The van der Waals surface area contributed by atoms with Gasteiger partial charge < -0.3 is 4.74 Å². The second-order valence-corrected chi connectivity index (χ2v) is 8.25.